The molecule has 0 saturated heterocycles. The number of thioether (sulfide) groups is 1. The second-order valence-electron chi connectivity index (χ2n) is 5.37. The fourth-order valence-corrected chi connectivity index (χ4v) is 3.68. The lowest BCUT2D eigenvalue weighted by molar-refractivity contribution is -0.116. The number of hydrogen-bond acceptors (Lipinski definition) is 4. The number of nitrogens with one attached hydrogen (secondary N) is 1. The number of allylic oxidation sites excluding steroid dienone is 1. The number of phenolic OH excluding ortho intramolecular Hbond substituents is 1. The molecule has 0 bridgehead atoms. The maximum Gasteiger partial charge on any atom is 0.257 e. The van der Waals surface area contributed by atoms with Gasteiger partial charge in [-0.1, -0.05) is 18.2 Å². The van der Waals surface area contributed by atoms with Crippen molar-refractivity contribution in [3.05, 3.63) is 70.9 Å². The Morgan fingerprint density at radius 1 is 1.30 bits per heavy atom. The highest BCUT2D eigenvalue weighted by atomic mass is 32.2. The number of phenols is 1. The zero-order valence-electron chi connectivity index (χ0n) is 12.6. The molecule has 5 heteroatoms. The molecule has 0 fully saturated rings. The van der Waals surface area contributed by atoms with Gasteiger partial charge < -0.3 is 10.4 Å². The van der Waals surface area contributed by atoms with Crippen LogP contribution in [-0.2, 0) is 11.2 Å². The largest absolute Gasteiger partial charge is 0.508 e. The molecule has 2 aromatic rings. The summed E-state index contributed by atoms with van der Waals surface area (Å²) < 4.78 is 0. The molecule has 1 aliphatic rings. The van der Waals surface area contributed by atoms with Gasteiger partial charge in [-0.3, -0.25) is 9.78 Å². The molecule has 1 atom stereocenters. The Morgan fingerprint density at radius 3 is 2.91 bits per heavy atom. The minimum atomic E-state index is -0.0216. The second-order valence-corrected chi connectivity index (χ2v) is 6.61. The molecule has 118 valence electrons. The molecule has 1 amide bonds. The van der Waals surface area contributed by atoms with Crippen LogP contribution < -0.4 is 5.32 Å². The van der Waals surface area contributed by atoms with E-state index < -0.39 is 0 Å². The third-order valence-corrected chi connectivity index (χ3v) is 5.05. The summed E-state index contributed by atoms with van der Waals surface area (Å²) in [6, 6.07) is 11.1. The molecule has 0 radical (unpaired) electrons. The van der Waals surface area contributed by atoms with Crippen molar-refractivity contribution in [2.75, 3.05) is 6.54 Å². The molecule has 4 nitrogen and oxygen atoms in total. The summed E-state index contributed by atoms with van der Waals surface area (Å²) in [5.74, 6) is 0.231. The van der Waals surface area contributed by atoms with Crippen LogP contribution >= 0.6 is 11.8 Å². The van der Waals surface area contributed by atoms with Gasteiger partial charge in [0.15, 0.2) is 0 Å². The number of pyridine rings is 1. The SMILES string of the molecule is O=C(NCCc1cccc(O)c1)C1=CCC(c2ccncc2)S1. The summed E-state index contributed by atoms with van der Waals surface area (Å²) in [4.78, 5) is 17.0. The number of carbonyl (C=O) groups is 1. The van der Waals surface area contributed by atoms with Gasteiger partial charge in [0.1, 0.15) is 5.75 Å². The average Bonchev–Trinajstić information content (AvgIpc) is 3.06. The first-order valence-electron chi connectivity index (χ1n) is 7.55. The van der Waals surface area contributed by atoms with Gasteiger partial charge in [0.25, 0.3) is 5.91 Å². The van der Waals surface area contributed by atoms with Crippen molar-refractivity contribution in [1.29, 1.82) is 0 Å². The Kier molecular flexibility index (Phi) is 4.98. The second kappa shape index (κ2) is 7.33. The molecule has 2 heterocycles. The Hall–Kier alpha value is -2.27. The van der Waals surface area contributed by atoms with Crippen LogP contribution in [0.25, 0.3) is 0 Å². The third kappa shape index (κ3) is 4.13. The van der Waals surface area contributed by atoms with E-state index in [1.807, 2.05) is 24.3 Å². The molecular weight excluding hydrogens is 308 g/mol. The van der Waals surface area contributed by atoms with E-state index in [4.69, 9.17) is 0 Å². The van der Waals surface area contributed by atoms with E-state index in [2.05, 4.69) is 10.3 Å². The van der Waals surface area contributed by atoms with Gasteiger partial charge in [-0.2, -0.15) is 0 Å². The minimum absolute atomic E-state index is 0.0216. The number of amides is 1. The molecule has 1 aromatic carbocycles. The van der Waals surface area contributed by atoms with Gasteiger partial charge in [-0.05, 0) is 48.2 Å². The summed E-state index contributed by atoms with van der Waals surface area (Å²) in [5, 5.41) is 12.7. The molecular formula is C18H18N2O2S. The van der Waals surface area contributed by atoms with Crippen molar-refractivity contribution in [3.63, 3.8) is 0 Å². The predicted octanol–water partition coefficient (Wildman–Crippen LogP) is 3.21. The number of aromatic hydroxyl groups is 1. The Bertz CT molecular complexity index is 716. The number of hydrogen-bond donors (Lipinski definition) is 2. The van der Waals surface area contributed by atoms with Crippen LogP contribution in [0.1, 0.15) is 22.8 Å². The predicted molar refractivity (Wildman–Crippen MR) is 92.1 cm³/mol. The topological polar surface area (TPSA) is 62.2 Å². The van der Waals surface area contributed by atoms with E-state index in [0.29, 0.717) is 18.2 Å². The fourth-order valence-electron chi connectivity index (χ4n) is 2.51. The lowest BCUT2D eigenvalue weighted by Crippen LogP contribution is -2.25. The Labute approximate surface area is 139 Å². The van der Waals surface area contributed by atoms with Crippen LogP contribution in [-0.4, -0.2) is 22.5 Å². The normalized spacial score (nSPS) is 16.9. The Morgan fingerprint density at radius 2 is 2.13 bits per heavy atom. The smallest absolute Gasteiger partial charge is 0.257 e. The van der Waals surface area contributed by atoms with Crippen LogP contribution in [0.3, 0.4) is 0 Å². The van der Waals surface area contributed by atoms with E-state index in [1.165, 1.54) is 5.56 Å². The lowest BCUT2D eigenvalue weighted by atomic mass is 10.1. The zero-order chi connectivity index (χ0) is 16.1. The van der Waals surface area contributed by atoms with Gasteiger partial charge in [-0.15, -0.1) is 11.8 Å². The first-order chi connectivity index (χ1) is 11.2. The van der Waals surface area contributed by atoms with Crippen LogP contribution in [0.15, 0.2) is 59.8 Å². The first kappa shape index (κ1) is 15.6. The Balaban J connectivity index is 1.48. The highest BCUT2D eigenvalue weighted by Gasteiger charge is 2.23. The number of rotatable bonds is 5. The van der Waals surface area contributed by atoms with Gasteiger partial charge >= 0.3 is 0 Å². The van der Waals surface area contributed by atoms with E-state index >= 15 is 0 Å². The van der Waals surface area contributed by atoms with Gasteiger partial charge in [-0.25, -0.2) is 0 Å². The lowest BCUT2D eigenvalue weighted by Gasteiger charge is -2.10. The molecule has 1 aliphatic heterocycles. The summed E-state index contributed by atoms with van der Waals surface area (Å²) >= 11 is 1.60. The van der Waals surface area contributed by atoms with Crippen molar-refractivity contribution in [2.45, 2.75) is 18.1 Å². The minimum Gasteiger partial charge on any atom is -0.508 e. The van der Waals surface area contributed by atoms with Crippen molar-refractivity contribution >= 4 is 17.7 Å². The van der Waals surface area contributed by atoms with E-state index in [-0.39, 0.29) is 11.7 Å². The molecule has 0 aliphatic carbocycles. The third-order valence-electron chi connectivity index (χ3n) is 3.70. The fraction of sp³-hybridized carbons (Fsp3) is 0.222. The van der Waals surface area contributed by atoms with Gasteiger partial charge in [0.05, 0.1) is 4.91 Å². The monoisotopic (exact) mass is 326 g/mol. The summed E-state index contributed by atoms with van der Waals surface area (Å²) in [6.07, 6.45) is 7.13. The standard InChI is InChI=1S/C18H18N2O2S/c21-15-3-1-2-13(12-15)6-11-20-18(22)17-5-4-16(23-17)14-7-9-19-10-8-14/h1-3,5,7-10,12,16,21H,4,6,11H2,(H,20,22). The quantitative estimate of drug-likeness (QED) is 0.886. The van der Waals surface area contributed by atoms with Gasteiger partial charge in [0.2, 0.25) is 0 Å². The van der Waals surface area contributed by atoms with E-state index in [9.17, 15) is 9.90 Å². The molecule has 1 unspecified atom stereocenters. The molecule has 0 saturated carbocycles. The zero-order valence-corrected chi connectivity index (χ0v) is 13.4. The molecule has 2 N–H and O–H groups in total. The first-order valence-corrected chi connectivity index (χ1v) is 8.43. The van der Waals surface area contributed by atoms with E-state index in [0.717, 1.165) is 16.9 Å². The van der Waals surface area contributed by atoms with Crippen LogP contribution in [0.2, 0.25) is 0 Å². The molecule has 23 heavy (non-hydrogen) atoms. The van der Waals surface area contributed by atoms with Gasteiger partial charge in [0, 0.05) is 24.2 Å². The highest BCUT2D eigenvalue weighted by Crippen LogP contribution is 2.43. The maximum atomic E-state index is 12.2. The number of nitrogens with zero attached hydrogens (tertiary/aromatic N) is 1. The highest BCUT2D eigenvalue weighted by molar-refractivity contribution is 8.04. The van der Waals surface area contributed by atoms with Crippen molar-refractivity contribution in [2.24, 2.45) is 0 Å². The van der Waals surface area contributed by atoms with Crippen molar-refractivity contribution in [3.8, 4) is 5.75 Å². The summed E-state index contributed by atoms with van der Waals surface area (Å²) in [7, 11) is 0. The van der Waals surface area contributed by atoms with Crippen LogP contribution in [0.4, 0.5) is 0 Å². The van der Waals surface area contributed by atoms with Crippen molar-refractivity contribution < 1.29 is 9.90 Å². The number of carbonyl (C=O) groups excluding carboxylic acids is 1. The molecule has 3 rings (SSSR count). The van der Waals surface area contributed by atoms with Crippen LogP contribution in [0.5, 0.6) is 5.75 Å². The summed E-state index contributed by atoms with van der Waals surface area (Å²) in [5.41, 5.74) is 2.21. The number of benzene rings is 1. The average molecular weight is 326 g/mol. The maximum absolute atomic E-state index is 12.2. The summed E-state index contributed by atoms with van der Waals surface area (Å²) in [6.45, 7) is 0.556. The molecule has 0 spiro atoms. The van der Waals surface area contributed by atoms with Crippen LogP contribution in [0, 0.1) is 0 Å². The number of aromatic nitrogens is 1. The van der Waals surface area contributed by atoms with E-state index in [1.54, 1.807) is 42.4 Å². The van der Waals surface area contributed by atoms with Crippen molar-refractivity contribution in [1.82, 2.24) is 10.3 Å². The molecule has 1 aromatic heterocycles.